The van der Waals surface area contributed by atoms with Crippen LogP contribution >= 0.6 is 0 Å². The molecule has 1 heterocycles. The number of carbonyl (C=O) groups excluding carboxylic acids is 1. The van der Waals surface area contributed by atoms with E-state index in [9.17, 15) is 23.1 Å². The summed E-state index contributed by atoms with van der Waals surface area (Å²) in [5, 5.41) is 13.4. The molecule has 1 saturated carbocycles. The topological polar surface area (TPSA) is 118 Å². The minimum Gasteiger partial charge on any atom is -0.479 e. The van der Waals surface area contributed by atoms with Crippen LogP contribution in [-0.2, 0) is 19.6 Å². The van der Waals surface area contributed by atoms with E-state index in [1.807, 2.05) is 0 Å². The van der Waals surface area contributed by atoms with Gasteiger partial charge < -0.3 is 10.0 Å². The summed E-state index contributed by atoms with van der Waals surface area (Å²) in [4.78, 5) is 24.5. The van der Waals surface area contributed by atoms with Crippen LogP contribution in [0.5, 0.6) is 0 Å². The SMILES string of the molecule is NS(=O)(=O)C1CC(=O)N(C2(C(=O)O)CCCC2)C1. The molecule has 1 atom stereocenters. The van der Waals surface area contributed by atoms with E-state index in [-0.39, 0.29) is 13.0 Å². The van der Waals surface area contributed by atoms with Gasteiger partial charge in [-0.1, -0.05) is 12.8 Å². The van der Waals surface area contributed by atoms with E-state index in [2.05, 4.69) is 0 Å². The lowest BCUT2D eigenvalue weighted by atomic mass is 9.95. The van der Waals surface area contributed by atoms with Crippen LogP contribution in [0.25, 0.3) is 0 Å². The van der Waals surface area contributed by atoms with Crippen LogP contribution in [0.2, 0.25) is 0 Å². The van der Waals surface area contributed by atoms with Crippen LogP contribution < -0.4 is 5.14 Å². The quantitative estimate of drug-likeness (QED) is 0.704. The monoisotopic (exact) mass is 276 g/mol. The Balaban J connectivity index is 2.29. The van der Waals surface area contributed by atoms with E-state index < -0.39 is 32.7 Å². The minimum atomic E-state index is -3.81. The second-order valence-electron chi connectivity index (χ2n) is 4.96. The molecule has 102 valence electrons. The first-order valence-electron chi connectivity index (χ1n) is 5.83. The average molecular weight is 276 g/mol. The molecular formula is C10H16N2O5S. The molecule has 0 aromatic rings. The number of rotatable bonds is 3. The fourth-order valence-electron chi connectivity index (χ4n) is 2.87. The molecule has 1 aliphatic heterocycles. The zero-order valence-electron chi connectivity index (χ0n) is 9.83. The number of hydrogen-bond donors (Lipinski definition) is 2. The maximum atomic E-state index is 11.9. The van der Waals surface area contributed by atoms with Crippen molar-refractivity contribution in [3.05, 3.63) is 0 Å². The Hall–Kier alpha value is -1.15. The van der Waals surface area contributed by atoms with Gasteiger partial charge in [0.25, 0.3) is 0 Å². The molecule has 1 aliphatic carbocycles. The molecule has 8 heteroatoms. The van der Waals surface area contributed by atoms with Crippen molar-refractivity contribution in [1.29, 1.82) is 0 Å². The van der Waals surface area contributed by atoms with Gasteiger partial charge >= 0.3 is 5.97 Å². The Morgan fingerprint density at radius 2 is 1.94 bits per heavy atom. The number of carbonyl (C=O) groups is 2. The summed E-state index contributed by atoms with van der Waals surface area (Å²) >= 11 is 0. The number of sulfonamides is 1. The number of primary sulfonamides is 1. The molecule has 0 aromatic heterocycles. The smallest absolute Gasteiger partial charge is 0.329 e. The lowest BCUT2D eigenvalue weighted by molar-refractivity contribution is -0.156. The van der Waals surface area contributed by atoms with Crippen LogP contribution in [0, 0.1) is 0 Å². The lowest BCUT2D eigenvalue weighted by Crippen LogP contribution is -2.54. The van der Waals surface area contributed by atoms with Gasteiger partial charge in [-0.15, -0.1) is 0 Å². The van der Waals surface area contributed by atoms with Crippen molar-refractivity contribution in [2.24, 2.45) is 5.14 Å². The fourth-order valence-corrected chi connectivity index (χ4v) is 3.60. The number of aliphatic carboxylic acids is 1. The van der Waals surface area contributed by atoms with Gasteiger partial charge in [0.2, 0.25) is 15.9 Å². The molecule has 1 unspecified atom stereocenters. The number of nitrogens with zero attached hydrogens (tertiary/aromatic N) is 1. The maximum absolute atomic E-state index is 11.9. The summed E-state index contributed by atoms with van der Waals surface area (Å²) < 4.78 is 22.5. The Bertz CT molecular complexity index is 480. The molecule has 1 saturated heterocycles. The molecule has 2 rings (SSSR count). The van der Waals surface area contributed by atoms with Crippen molar-refractivity contribution in [3.8, 4) is 0 Å². The number of carboxylic acids is 1. The maximum Gasteiger partial charge on any atom is 0.329 e. The highest BCUT2D eigenvalue weighted by molar-refractivity contribution is 7.89. The van der Waals surface area contributed by atoms with Gasteiger partial charge in [0.15, 0.2) is 0 Å². The Labute approximate surface area is 105 Å². The Morgan fingerprint density at radius 1 is 1.39 bits per heavy atom. The van der Waals surface area contributed by atoms with E-state index >= 15 is 0 Å². The highest BCUT2D eigenvalue weighted by Crippen LogP contribution is 2.38. The largest absolute Gasteiger partial charge is 0.479 e. The fraction of sp³-hybridized carbons (Fsp3) is 0.800. The number of amides is 1. The standard InChI is InChI=1S/C10H16N2O5S/c11-18(16,17)7-5-8(13)12(6-7)10(9(14)15)3-1-2-4-10/h7H,1-6H2,(H,14,15)(H2,11,16,17). The molecule has 0 spiro atoms. The van der Waals surface area contributed by atoms with E-state index in [1.54, 1.807) is 0 Å². The number of nitrogens with two attached hydrogens (primary N) is 1. The molecule has 18 heavy (non-hydrogen) atoms. The van der Waals surface area contributed by atoms with Crippen molar-refractivity contribution in [2.75, 3.05) is 6.54 Å². The van der Waals surface area contributed by atoms with Crippen molar-refractivity contribution in [3.63, 3.8) is 0 Å². The van der Waals surface area contributed by atoms with Gasteiger partial charge in [-0.25, -0.2) is 18.4 Å². The van der Waals surface area contributed by atoms with E-state index in [0.29, 0.717) is 12.8 Å². The molecule has 7 nitrogen and oxygen atoms in total. The third-order valence-corrected chi connectivity index (χ3v) is 5.14. The summed E-state index contributed by atoms with van der Waals surface area (Å²) in [6, 6.07) is 0. The van der Waals surface area contributed by atoms with Crippen molar-refractivity contribution in [2.45, 2.75) is 42.9 Å². The Morgan fingerprint density at radius 3 is 2.33 bits per heavy atom. The van der Waals surface area contributed by atoms with Crippen molar-refractivity contribution < 1.29 is 23.1 Å². The molecule has 0 aromatic carbocycles. The average Bonchev–Trinajstić information content (AvgIpc) is 2.82. The predicted molar refractivity (Wildman–Crippen MR) is 62.1 cm³/mol. The molecule has 2 aliphatic rings. The highest BCUT2D eigenvalue weighted by atomic mass is 32.2. The molecule has 0 bridgehead atoms. The van der Waals surface area contributed by atoms with Crippen LogP contribution in [0.3, 0.4) is 0 Å². The second-order valence-corrected chi connectivity index (χ2v) is 6.81. The number of carboxylic acid groups (broad SMARTS) is 1. The molecule has 2 fully saturated rings. The molecule has 0 radical (unpaired) electrons. The van der Waals surface area contributed by atoms with E-state index in [1.165, 1.54) is 4.90 Å². The molecule has 1 amide bonds. The van der Waals surface area contributed by atoms with E-state index in [4.69, 9.17) is 5.14 Å². The molecular weight excluding hydrogens is 260 g/mol. The highest BCUT2D eigenvalue weighted by Gasteiger charge is 2.53. The number of hydrogen-bond acceptors (Lipinski definition) is 4. The zero-order chi connectivity index (χ0) is 13.6. The summed E-state index contributed by atoms with van der Waals surface area (Å²) in [6.07, 6.45) is 2.01. The second kappa shape index (κ2) is 4.20. The van der Waals surface area contributed by atoms with Crippen LogP contribution in [0.1, 0.15) is 32.1 Å². The van der Waals surface area contributed by atoms with Gasteiger partial charge in [0.1, 0.15) is 10.8 Å². The van der Waals surface area contributed by atoms with Crippen molar-refractivity contribution in [1.82, 2.24) is 4.90 Å². The first kappa shape index (κ1) is 13.3. The lowest BCUT2D eigenvalue weighted by Gasteiger charge is -2.34. The van der Waals surface area contributed by atoms with Gasteiger partial charge in [0, 0.05) is 13.0 Å². The summed E-state index contributed by atoms with van der Waals surface area (Å²) in [5.41, 5.74) is -1.23. The van der Waals surface area contributed by atoms with Crippen LogP contribution in [0.15, 0.2) is 0 Å². The summed E-state index contributed by atoms with van der Waals surface area (Å²) in [6.45, 7) is -0.107. The van der Waals surface area contributed by atoms with Crippen LogP contribution in [0.4, 0.5) is 0 Å². The normalized spacial score (nSPS) is 27.7. The Kier molecular flexibility index (Phi) is 3.10. The zero-order valence-corrected chi connectivity index (χ0v) is 10.6. The molecule has 3 N–H and O–H groups in total. The first-order valence-corrected chi connectivity index (χ1v) is 7.44. The number of likely N-dealkylation sites (tertiary alicyclic amines) is 1. The third kappa shape index (κ3) is 1.99. The van der Waals surface area contributed by atoms with Gasteiger partial charge in [-0.2, -0.15) is 0 Å². The first-order chi connectivity index (χ1) is 8.27. The van der Waals surface area contributed by atoms with Gasteiger partial charge in [0.05, 0.1) is 0 Å². The summed E-state index contributed by atoms with van der Waals surface area (Å²) in [7, 11) is -3.81. The third-order valence-electron chi connectivity index (χ3n) is 3.90. The summed E-state index contributed by atoms with van der Waals surface area (Å²) in [5.74, 6) is -1.48. The minimum absolute atomic E-state index is 0.107. The van der Waals surface area contributed by atoms with Gasteiger partial charge in [-0.05, 0) is 12.8 Å². The van der Waals surface area contributed by atoms with Crippen LogP contribution in [-0.4, -0.2) is 47.6 Å². The predicted octanol–water partition coefficient (Wildman–Crippen LogP) is -0.727. The van der Waals surface area contributed by atoms with Gasteiger partial charge in [-0.3, -0.25) is 4.79 Å². The van der Waals surface area contributed by atoms with Crippen molar-refractivity contribution >= 4 is 21.9 Å². The van der Waals surface area contributed by atoms with E-state index in [0.717, 1.165) is 12.8 Å².